The van der Waals surface area contributed by atoms with E-state index in [1.807, 2.05) is 6.92 Å². The second-order valence-corrected chi connectivity index (χ2v) is 12.8. The summed E-state index contributed by atoms with van der Waals surface area (Å²) >= 11 is 12.6. The highest BCUT2D eigenvalue weighted by Gasteiger charge is 2.51. The molecule has 0 unspecified atom stereocenters. The molecule has 0 heterocycles. The quantitative estimate of drug-likeness (QED) is 0.555. The Kier molecular flexibility index (Phi) is 5.91. The average Bonchev–Trinajstić information content (AvgIpc) is 2.73. The third-order valence-corrected chi connectivity index (χ3v) is 10.1. The predicted octanol–water partition coefficient (Wildman–Crippen LogP) is 5.58. The number of carbonyl (C=O) groups is 1. The van der Waals surface area contributed by atoms with Gasteiger partial charge in [0, 0.05) is 5.54 Å². The molecule has 0 aliphatic heterocycles. The summed E-state index contributed by atoms with van der Waals surface area (Å²) in [4.78, 5) is 13.4. The predicted molar refractivity (Wildman–Crippen MR) is 131 cm³/mol. The molecule has 4 bridgehead atoms. The Morgan fingerprint density at radius 1 is 1.00 bits per heavy atom. The molecule has 4 aliphatic rings. The number of nitrogens with one attached hydrogen (secondary N) is 1. The zero-order chi connectivity index (χ0) is 23.4. The van der Waals surface area contributed by atoms with E-state index in [0.29, 0.717) is 17.8 Å². The van der Waals surface area contributed by atoms with Crippen LogP contribution in [0.4, 0.5) is 5.69 Å². The van der Waals surface area contributed by atoms with Crippen molar-refractivity contribution in [2.75, 3.05) is 10.8 Å². The summed E-state index contributed by atoms with van der Waals surface area (Å²) < 4.78 is 28.4. The molecule has 0 atom stereocenters. The zero-order valence-electron chi connectivity index (χ0n) is 18.6. The lowest BCUT2D eigenvalue weighted by Crippen LogP contribution is -2.61. The van der Waals surface area contributed by atoms with Crippen LogP contribution in [0.5, 0.6) is 0 Å². The van der Waals surface area contributed by atoms with Gasteiger partial charge in [-0.25, -0.2) is 8.42 Å². The van der Waals surface area contributed by atoms with Gasteiger partial charge in [-0.1, -0.05) is 47.0 Å². The number of rotatable bonds is 6. The van der Waals surface area contributed by atoms with Crippen molar-refractivity contribution in [1.82, 2.24) is 5.32 Å². The van der Waals surface area contributed by atoms with E-state index in [1.54, 1.807) is 42.5 Å². The van der Waals surface area contributed by atoms with Crippen LogP contribution < -0.4 is 9.62 Å². The van der Waals surface area contributed by atoms with Gasteiger partial charge in [-0.15, -0.1) is 0 Å². The molecule has 4 aliphatic carbocycles. The Hall–Kier alpha value is -1.76. The fraction of sp³-hybridized carbons (Fsp3) is 0.480. The van der Waals surface area contributed by atoms with Gasteiger partial charge in [0.2, 0.25) is 5.91 Å². The van der Waals surface area contributed by atoms with Crippen molar-refractivity contribution in [1.29, 1.82) is 0 Å². The van der Waals surface area contributed by atoms with E-state index in [4.69, 9.17) is 23.2 Å². The molecule has 176 valence electrons. The van der Waals surface area contributed by atoms with Gasteiger partial charge in [0.1, 0.15) is 6.54 Å². The maximum atomic E-state index is 13.7. The van der Waals surface area contributed by atoms with Crippen molar-refractivity contribution in [2.24, 2.45) is 17.8 Å². The van der Waals surface area contributed by atoms with Crippen molar-refractivity contribution in [2.45, 2.75) is 55.9 Å². The fourth-order valence-corrected chi connectivity index (χ4v) is 8.43. The van der Waals surface area contributed by atoms with E-state index in [1.165, 1.54) is 19.3 Å². The number of carbonyl (C=O) groups excluding carboxylic acids is 1. The molecule has 5 nitrogen and oxygen atoms in total. The first kappa shape index (κ1) is 23.0. The van der Waals surface area contributed by atoms with Gasteiger partial charge in [-0.3, -0.25) is 9.10 Å². The Bertz CT molecular complexity index is 1150. The Morgan fingerprint density at radius 3 is 2.15 bits per heavy atom. The van der Waals surface area contributed by atoms with Crippen LogP contribution in [0.15, 0.2) is 47.4 Å². The number of amides is 1. The number of halogens is 2. The Morgan fingerprint density at radius 2 is 1.58 bits per heavy atom. The van der Waals surface area contributed by atoms with Gasteiger partial charge < -0.3 is 5.32 Å². The number of sulfonamides is 1. The van der Waals surface area contributed by atoms with Crippen molar-refractivity contribution in [3.63, 3.8) is 0 Å². The number of hydrogen-bond donors (Lipinski definition) is 1. The number of benzene rings is 2. The first-order valence-electron chi connectivity index (χ1n) is 11.5. The average molecular weight is 507 g/mol. The molecule has 4 fully saturated rings. The minimum absolute atomic E-state index is 0.103. The molecule has 0 saturated heterocycles. The monoisotopic (exact) mass is 506 g/mol. The summed E-state index contributed by atoms with van der Waals surface area (Å²) in [5, 5.41) is 3.62. The van der Waals surface area contributed by atoms with Crippen LogP contribution in [0.3, 0.4) is 0 Å². The molecule has 6 rings (SSSR count). The van der Waals surface area contributed by atoms with Gasteiger partial charge >= 0.3 is 0 Å². The summed E-state index contributed by atoms with van der Waals surface area (Å²) in [6, 6.07) is 11.4. The summed E-state index contributed by atoms with van der Waals surface area (Å²) in [5.74, 6) is 1.72. The first-order valence-corrected chi connectivity index (χ1v) is 13.7. The minimum atomic E-state index is -4.04. The van der Waals surface area contributed by atoms with Crippen LogP contribution >= 0.6 is 23.2 Å². The van der Waals surface area contributed by atoms with Crippen LogP contribution in [-0.2, 0) is 14.8 Å². The molecule has 8 heteroatoms. The maximum absolute atomic E-state index is 13.7. The third-order valence-electron chi connectivity index (χ3n) is 7.54. The van der Waals surface area contributed by atoms with Crippen LogP contribution in [-0.4, -0.2) is 26.4 Å². The zero-order valence-corrected chi connectivity index (χ0v) is 20.9. The third kappa shape index (κ3) is 4.38. The number of nitrogens with zero attached hydrogens (tertiary/aromatic N) is 1. The van der Waals surface area contributed by atoms with E-state index >= 15 is 0 Å². The van der Waals surface area contributed by atoms with Crippen molar-refractivity contribution in [3.8, 4) is 0 Å². The number of aryl methyl sites for hydroxylation is 1. The highest BCUT2D eigenvalue weighted by Crippen LogP contribution is 2.55. The first-order chi connectivity index (χ1) is 15.6. The molecule has 4 saturated carbocycles. The highest BCUT2D eigenvalue weighted by atomic mass is 35.5. The lowest BCUT2D eigenvalue weighted by Gasteiger charge is -2.57. The molecule has 2 aromatic rings. The normalized spacial score (nSPS) is 28.0. The van der Waals surface area contributed by atoms with E-state index in [0.717, 1.165) is 29.1 Å². The summed E-state index contributed by atoms with van der Waals surface area (Å²) in [7, 11) is -4.04. The molecule has 2 aromatic carbocycles. The standard InChI is InChI=1S/C25H28Cl2N2O3S/c1-16-5-7-20(8-6-16)33(31,32)29(22-4-2-3-21(26)24(22)27)15-23(30)28-25-12-17-9-18(13-25)11-19(10-17)14-25/h2-8,17-19H,9-15H2,1H3,(H,28,30). The molecule has 0 radical (unpaired) electrons. The molecule has 1 amide bonds. The summed E-state index contributed by atoms with van der Waals surface area (Å²) in [5.41, 5.74) is 0.940. The SMILES string of the molecule is Cc1ccc(S(=O)(=O)N(CC(=O)NC23CC4CC(CC(C4)C2)C3)c2cccc(Cl)c2Cl)cc1. The lowest BCUT2D eigenvalue weighted by atomic mass is 9.53. The number of anilines is 1. The molecule has 0 aromatic heterocycles. The fourth-order valence-electron chi connectivity index (χ4n) is 6.55. The van der Waals surface area contributed by atoms with Crippen molar-refractivity contribution < 1.29 is 13.2 Å². The second-order valence-electron chi connectivity index (χ2n) is 10.1. The van der Waals surface area contributed by atoms with E-state index in [2.05, 4.69) is 5.32 Å². The summed E-state index contributed by atoms with van der Waals surface area (Å²) in [6.07, 6.45) is 6.78. The van der Waals surface area contributed by atoms with Crippen molar-refractivity contribution in [3.05, 3.63) is 58.1 Å². The second kappa shape index (κ2) is 8.47. The van der Waals surface area contributed by atoms with E-state index < -0.39 is 10.0 Å². The molecule has 33 heavy (non-hydrogen) atoms. The van der Waals surface area contributed by atoms with Gasteiger partial charge in [0.05, 0.1) is 20.6 Å². The largest absolute Gasteiger partial charge is 0.349 e. The van der Waals surface area contributed by atoms with Crippen LogP contribution in [0.1, 0.15) is 44.1 Å². The van der Waals surface area contributed by atoms with E-state index in [9.17, 15) is 13.2 Å². The summed E-state index contributed by atoms with van der Waals surface area (Å²) in [6.45, 7) is 1.54. The number of hydrogen-bond acceptors (Lipinski definition) is 3. The van der Waals surface area contributed by atoms with Crippen molar-refractivity contribution >= 4 is 44.8 Å². The Labute approximate surface area is 205 Å². The van der Waals surface area contributed by atoms with Gasteiger partial charge in [-0.05, 0) is 87.5 Å². The highest BCUT2D eigenvalue weighted by molar-refractivity contribution is 7.92. The smallest absolute Gasteiger partial charge is 0.264 e. The molecular weight excluding hydrogens is 479 g/mol. The van der Waals surface area contributed by atoms with Crippen LogP contribution in [0.25, 0.3) is 0 Å². The van der Waals surface area contributed by atoms with E-state index in [-0.39, 0.29) is 38.6 Å². The molecular formula is C25H28Cl2N2O3S. The van der Waals surface area contributed by atoms with Crippen LogP contribution in [0.2, 0.25) is 10.0 Å². The molecule has 0 spiro atoms. The van der Waals surface area contributed by atoms with Crippen LogP contribution in [0, 0.1) is 24.7 Å². The van der Waals surface area contributed by atoms with Gasteiger partial charge in [-0.2, -0.15) is 0 Å². The Balaban J connectivity index is 1.45. The lowest BCUT2D eigenvalue weighted by molar-refractivity contribution is -0.125. The van der Waals surface area contributed by atoms with Gasteiger partial charge in [0.25, 0.3) is 10.0 Å². The van der Waals surface area contributed by atoms with Gasteiger partial charge in [0.15, 0.2) is 0 Å². The maximum Gasteiger partial charge on any atom is 0.264 e. The topological polar surface area (TPSA) is 66.5 Å². The minimum Gasteiger partial charge on any atom is -0.349 e. The molecule has 1 N–H and O–H groups in total.